The lowest BCUT2D eigenvalue weighted by atomic mass is 10.1. The monoisotopic (exact) mass is 353 g/mol. The van der Waals surface area contributed by atoms with Crippen molar-refractivity contribution in [1.29, 1.82) is 0 Å². The van der Waals surface area contributed by atoms with Gasteiger partial charge in [-0.25, -0.2) is 0 Å². The number of rotatable bonds is 4. The van der Waals surface area contributed by atoms with Gasteiger partial charge in [-0.2, -0.15) is 10.1 Å². The van der Waals surface area contributed by atoms with Gasteiger partial charge in [0.2, 0.25) is 5.82 Å². The van der Waals surface area contributed by atoms with E-state index in [9.17, 15) is 0 Å². The van der Waals surface area contributed by atoms with Gasteiger partial charge in [0.25, 0.3) is 5.89 Å². The number of halogens is 1. The van der Waals surface area contributed by atoms with Gasteiger partial charge in [-0.3, -0.25) is 10.1 Å². The zero-order valence-corrected chi connectivity index (χ0v) is 13.9. The number of aromatic nitrogens is 5. The number of nitrogens with zero attached hydrogens (tertiary/aromatic N) is 4. The van der Waals surface area contributed by atoms with Crippen molar-refractivity contribution in [1.82, 2.24) is 25.3 Å². The van der Waals surface area contributed by atoms with Crippen molar-refractivity contribution in [3.8, 4) is 40.0 Å². The summed E-state index contributed by atoms with van der Waals surface area (Å²) in [5.74, 6) is 1.51. The molecule has 8 heteroatoms. The lowest BCUT2D eigenvalue weighted by Crippen LogP contribution is -1.83. The third-order valence-corrected chi connectivity index (χ3v) is 3.93. The predicted octanol–water partition coefficient (Wildman–Crippen LogP) is 3.85. The Hall–Kier alpha value is -3.19. The molecule has 0 atom stereocenters. The second kappa shape index (κ2) is 6.37. The molecule has 3 heterocycles. The average Bonchev–Trinajstić information content (AvgIpc) is 3.32. The Morgan fingerprint density at radius 3 is 2.76 bits per heavy atom. The largest absolute Gasteiger partial charge is 0.497 e. The van der Waals surface area contributed by atoms with Gasteiger partial charge in [-0.1, -0.05) is 16.8 Å². The van der Waals surface area contributed by atoms with E-state index >= 15 is 0 Å². The smallest absolute Gasteiger partial charge is 0.276 e. The zero-order valence-electron chi connectivity index (χ0n) is 13.1. The fourth-order valence-corrected chi connectivity index (χ4v) is 2.54. The van der Waals surface area contributed by atoms with Crippen LogP contribution < -0.4 is 4.74 Å². The number of benzene rings is 1. The fraction of sp³-hybridized carbons (Fsp3) is 0.0588. The lowest BCUT2D eigenvalue weighted by Gasteiger charge is -1.99. The highest BCUT2D eigenvalue weighted by atomic mass is 35.5. The first kappa shape index (κ1) is 15.3. The van der Waals surface area contributed by atoms with Crippen LogP contribution >= 0.6 is 11.6 Å². The third-order valence-electron chi connectivity index (χ3n) is 3.63. The van der Waals surface area contributed by atoms with Crippen molar-refractivity contribution in [2.75, 3.05) is 7.11 Å². The van der Waals surface area contributed by atoms with Crippen LogP contribution in [0.5, 0.6) is 5.75 Å². The number of methoxy groups -OCH3 is 1. The van der Waals surface area contributed by atoms with Crippen LogP contribution in [0.25, 0.3) is 34.2 Å². The molecule has 0 saturated heterocycles. The second-order valence-electron chi connectivity index (χ2n) is 5.17. The summed E-state index contributed by atoms with van der Waals surface area (Å²) in [4.78, 5) is 8.31. The van der Waals surface area contributed by atoms with Crippen LogP contribution in [0.2, 0.25) is 5.02 Å². The van der Waals surface area contributed by atoms with Crippen molar-refractivity contribution in [3.05, 3.63) is 53.8 Å². The zero-order chi connectivity index (χ0) is 17.2. The van der Waals surface area contributed by atoms with E-state index in [1.54, 1.807) is 19.4 Å². The van der Waals surface area contributed by atoms with Gasteiger partial charge < -0.3 is 9.26 Å². The Morgan fingerprint density at radius 2 is 2.00 bits per heavy atom. The number of ether oxygens (including phenoxy) is 1. The average molecular weight is 354 g/mol. The summed E-state index contributed by atoms with van der Waals surface area (Å²) < 4.78 is 10.5. The van der Waals surface area contributed by atoms with Crippen molar-refractivity contribution >= 4 is 11.6 Å². The molecule has 0 fully saturated rings. The Labute approximate surface area is 147 Å². The number of H-pyrrole nitrogens is 1. The van der Waals surface area contributed by atoms with Gasteiger partial charge in [0.15, 0.2) is 0 Å². The molecule has 0 saturated carbocycles. The van der Waals surface area contributed by atoms with Crippen LogP contribution in [0.4, 0.5) is 0 Å². The first-order valence-electron chi connectivity index (χ1n) is 7.38. The minimum absolute atomic E-state index is 0.329. The summed E-state index contributed by atoms with van der Waals surface area (Å²) in [5.41, 5.74) is 2.98. The normalized spacial score (nSPS) is 10.8. The first-order valence-corrected chi connectivity index (χ1v) is 7.76. The molecule has 0 aliphatic rings. The van der Waals surface area contributed by atoms with Crippen LogP contribution in [-0.2, 0) is 0 Å². The van der Waals surface area contributed by atoms with Gasteiger partial charge in [0.05, 0.1) is 17.8 Å². The van der Waals surface area contributed by atoms with Crippen LogP contribution in [0.1, 0.15) is 0 Å². The van der Waals surface area contributed by atoms with E-state index in [-0.39, 0.29) is 0 Å². The maximum atomic E-state index is 6.11. The SMILES string of the molecule is COc1ccc(-c2cc(-c3nc(-c4ccncc4Cl)no3)[nH]n2)cc1. The molecule has 0 radical (unpaired) electrons. The molecule has 0 amide bonds. The number of hydrogen-bond donors (Lipinski definition) is 1. The summed E-state index contributed by atoms with van der Waals surface area (Å²) in [5, 5.41) is 11.6. The van der Waals surface area contributed by atoms with Crippen LogP contribution in [-0.4, -0.2) is 32.4 Å². The number of pyridine rings is 1. The Kier molecular flexibility index (Phi) is 3.91. The predicted molar refractivity (Wildman–Crippen MR) is 92.1 cm³/mol. The highest BCUT2D eigenvalue weighted by Gasteiger charge is 2.15. The molecule has 0 unspecified atom stereocenters. The third kappa shape index (κ3) is 2.97. The van der Waals surface area contributed by atoms with E-state index in [4.69, 9.17) is 20.9 Å². The minimum atomic E-state index is 0.329. The van der Waals surface area contributed by atoms with Gasteiger partial charge >= 0.3 is 0 Å². The van der Waals surface area contributed by atoms with Crippen LogP contribution in [0, 0.1) is 0 Å². The van der Waals surface area contributed by atoms with Crippen molar-refractivity contribution in [3.63, 3.8) is 0 Å². The summed E-state index contributed by atoms with van der Waals surface area (Å²) in [7, 11) is 1.63. The van der Waals surface area contributed by atoms with E-state index in [2.05, 4.69) is 25.3 Å². The second-order valence-corrected chi connectivity index (χ2v) is 5.58. The quantitative estimate of drug-likeness (QED) is 0.599. The molecule has 0 aliphatic carbocycles. The van der Waals surface area contributed by atoms with Crippen molar-refractivity contribution in [2.45, 2.75) is 0 Å². The Balaban J connectivity index is 1.63. The van der Waals surface area contributed by atoms with Crippen LogP contribution in [0.3, 0.4) is 0 Å². The summed E-state index contributed by atoms with van der Waals surface area (Å²) in [6, 6.07) is 11.2. The van der Waals surface area contributed by atoms with E-state index < -0.39 is 0 Å². The number of aromatic amines is 1. The standard InChI is InChI=1S/C17H12ClN5O2/c1-24-11-4-2-10(3-5-11)14-8-15(22-21-14)17-20-16(23-25-17)12-6-7-19-9-13(12)18/h2-9H,1H3,(H,21,22). The highest BCUT2D eigenvalue weighted by molar-refractivity contribution is 6.33. The number of nitrogens with one attached hydrogen (secondary N) is 1. The Bertz CT molecular complexity index is 1010. The van der Waals surface area contributed by atoms with E-state index in [1.807, 2.05) is 30.3 Å². The van der Waals surface area contributed by atoms with E-state index in [0.29, 0.717) is 28.0 Å². The van der Waals surface area contributed by atoms with Gasteiger partial charge in [0, 0.05) is 23.5 Å². The Morgan fingerprint density at radius 1 is 1.16 bits per heavy atom. The minimum Gasteiger partial charge on any atom is -0.497 e. The van der Waals surface area contributed by atoms with Crippen molar-refractivity contribution < 1.29 is 9.26 Å². The molecule has 4 aromatic rings. The van der Waals surface area contributed by atoms with E-state index in [0.717, 1.165) is 17.0 Å². The molecular formula is C17H12ClN5O2. The molecule has 0 aliphatic heterocycles. The lowest BCUT2D eigenvalue weighted by molar-refractivity contribution is 0.415. The topological polar surface area (TPSA) is 89.7 Å². The molecule has 25 heavy (non-hydrogen) atoms. The van der Waals surface area contributed by atoms with Crippen LogP contribution in [0.15, 0.2) is 53.3 Å². The van der Waals surface area contributed by atoms with Gasteiger partial charge in [-0.05, 0) is 36.4 Å². The summed E-state index contributed by atoms with van der Waals surface area (Å²) >= 11 is 6.11. The molecule has 3 aromatic heterocycles. The maximum absolute atomic E-state index is 6.11. The molecule has 7 nitrogen and oxygen atoms in total. The van der Waals surface area contributed by atoms with Gasteiger partial charge in [0.1, 0.15) is 11.4 Å². The molecule has 0 spiro atoms. The fourth-order valence-electron chi connectivity index (χ4n) is 2.34. The van der Waals surface area contributed by atoms with E-state index in [1.165, 1.54) is 6.20 Å². The molecule has 1 N–H and O–H groups in total. The number of hydrogen-bond acceptors (Lipinski definition) is 6. The molecule has 4 rings (SSSR count). The van der Waals surface area contributed by atoms with Gasteiger partial charge in [-0.15, -0.1) is 0 Å². The molecule has 124 valence electrons. The molecule has 0 bridgehead atoms. The molecule has 1 aromatic carbocycles. The summed E-state index contributed by atoms with van der Waals surface area (Å²) in [6.07, 6.45) is 3.15. The first-order chi connectivity index (χ1) is 12.2. The van der Waals surface area contributed by atoms with Crippen molar-refractivity contribution in [2.24, 2.45) is 0 Å². The highest BCUT2D eigenvalue weighted by Crippen LogP contribution is 2.28. The maximum Gasteiger partial charge on any atom is 0.276 e. The summed E-state index contributed by atoms with van der Waals surface area (Å²) in [6.45, 7) is 0. The molecular weight excluding hydrogens is 342 g/mol.